The van der Waals surface area contributed by atoms with Crippen molar-refractivity contribution >= 4 is 132 Å². The second-order valence-electron chi connectivity index (χ2n) is 28.6. The summed E-state index contributed by atoms with van der Waals surface area (Å²) >= 11 is 0. The van der Waals surface area contributed by atoms with Crippen molar-refractivity contribution in [1.82, 2.24) is 0 Å². The van der Waals surface area contributed by atoms with Crippen LogP contribution in [-0.4, -0.2) is 22.9 Å². The van der Waals surface area contributed by atoms with Crippen LogP contribution >= 0.6 is 0 Å². The summed E-state index contributed by atoms with van der Waals surface area (Å²) in [6, 6.07) is 164. The maximum Gasteiger partial charge on any atom is 0.252 e. The van der Waals surface area contributed by atoms with Gasteiger partial charge in [-0.25, -0.2) is 0 Å². The van der Waals surface area contributed by atoms with E-state index in [0.717, 1.165) is 107 Å². The number of para-hydroxylation sites is 4. The molecule has 17 aromatic rings. The van der Waals surface area contributed by atoms with Gasteiger partial charge in [0.1, 0.15) is 0 Å². The van der Waals surface area contributed by atoms with Crippen molar-refractivity contribution in [2.45, 2.75) is 0 Å². The first-order chi connectivity index (χ1) is 54.1. The molecule has 4 nitrogen and oxygen atoms in total. The lowest BCUT2D eigenvalue weighted by atomic mass is 9.33. The summed E-state index contributed by atoms with van der Waals surface area (Å²) in [7, 11) is -6.51. The Morgan fingerprint density at radius 3 is 0.771 bits per heavy atom. The molecule has 0 aliphatic carbocycles. The Bertz CT molecular complexity index is 5640. The van der Waals surface area contributed by atoms with Crippen LogP contribution in [0.5, 0.6) is 11.5 Å². The largest absolute Gasteiger partial charge is 0.453 e. The maximum absolute atomic E-state index is 6.96. The van der Waals surface area contributed by atoms with E-state index in [-0.39, 0.29) is 6.71 Å². The first-order valence-corrected chi connectivity index (χ1v) is 41.6. The van der Waals surface area contributed by atoms with Crippen molar-refractivity contribution in [3.8, 4) is 56.0 Å². The summed E-state index contributed by atoms with van der Waals surface area (Å²) < 4.78 is 6.96. The topological polar surface area (TPSA) is 19.0 Å². The van der Waals surface area contributed by atoms with Crippen LogP contribution in [0.3, 0.4) is 0 Å². The zero-order valence-corrected chi connectivity index (χ0v) is 61.9. The second-order valence-corrected chi connectivity index (χ2v) is 36.2. The van der Waals surface area contributed by atoms with Crippen LogP contribution in [0.4, 0.5) is 51.2 Å². The Balaban J connectivity index is 0.959. The lowest BCUT2D eigenvalue weighted by molar-refractivity contribution is 0.477. The van der Waals surface area contributed by atoms with Crippen LogP contribution in [0.15, 0.2) is 437 Å². The summed E-state index contributed by atoms with van der Waals surface area (Å²) in [5.74, 6) is 1.57. The second kappa shape index (κ2) is 27.4. The fourth-order valence-electron chi connectivity index (χ4n) is 17.9. The molecule has 0 bridgehead atoms. The Morgan fingerprint density at radius 1 is 0.183 bits per heavy atom. The van der Waals surface area contributed by atoms with Gasteiger partial charge >= 0.3 is 0 Å². The molecule has 3 aliphatic rings. The average Bonchev–Trinajstić information content (AvgIpc) is 0.687. The summed E-state index contributed by atoms with van der Waals surface area (Å²) in [5.41, 5.74) is 22.1. The third-order valence-corrected chi connectivity index (χ3v) is 32.1. The minimum atomic E-state index is -3.26. The smallest absolute Gasteiger partial charge is 0.252 e. The van der Waals surface area contributed by atoms with Crippen LogP contribution in [0, 0.1) is 0 Å². The van der Waals surface area contributed by atoms with Gasteiger partial charge in [-0.15, -0.1) is 0 Å². The number of nitrogens with zero attached hydrogens (tertiary/aromatic N) is 3. The third kappa shape index (κ3) is 11.0. The highest BCUT2D eigenvalue weighted by molar-refractivity contribution is 7.20. The fourth-order valence-corrected chi connectivity index (χ4v) is 27.5. The molecule has 0 radical (unpaired) electrons. The molecule has 512 valence electrons. The maximum atomic E-state index is 6.96. The first kappa shape index (κ1) is 65.0. The standard InChI is InChI=1S/C102H72BN3OSi2/c1-11-35-73(36-12-1)77-59-61-94-92(67-77)103-93-68-78(74-37-13-2-14-38-74)60-62-95(93)105(82-64-80(76-41-17-4-18-42-76)66-91(70-82)109(87-49-25-8-26-50-87,88-51-27-9-28-52-88)89-53-29-10-30-54-89)99-72-83(106-96-55-31-33-57-100(96)107-101-58-34-32-56-97(101)106)71-98(102(99)103)104(94)81-63-79(75-39-15-3-16-40-75)65-90(69-81)108(84-43-19-5-20-44-84,85-45-21-6-22-46-85)86-47-23-7-24-48-86/h1-72H. The van der Waals surface area contributed by atoms with E-state index >= 15 is 0 Å². The summed E-state index contributed by atoms with van der Waals surface area (Å²) in [6.07, 6.45) is 0. The lowest BCUT2D eigenvalue weighted by Crippen LogP contribution is -2.74. The van der Waals surface area contributed by atoms with E-state index in [9.17, 15) is 0 Å². The number of hydrogen-bond acceptors (Lipinski definition) is 4. The number of rotatable bonds is 15. The van der Waals surface area contributed by atoms with Crippen LogP contribution in [0.1, 0.15) is 0 Å². The Labute approximate surface area is 639 Å². The quantitative estimate of drug-likeness (QED) is 0.0752. The number of benzene rings is 17. The molecule has 0 N–H and O–H groups in total. The van der Waals surface area contributed by atoms with E-state index in [4.69, 9.17) is 4.74 Å². The first-order valence-electron chi connectivity index (χ1n) is 37.6. The van der Waals surface area contributed by atoms with E-state index in [0.29, 0.717) is 0 Å². The van der Waals surface area contributed by atoms with E-state index in [1.165, 1.54) is 57.9 Å². The minimum absolute atomic E-state index is 0.292. The van der Waals surface area contributed by atoms with Crippen LogP contribution in [0.2, 0.25) is 0 Å². The number of ether oxygens (including phenoxy) is 1. The van der Waals surface area contributed by atoms with Crippen molar-refractivity contribution in [1.29, 1.82) is 0 Å². The molecule has 3 heterocycles. The van der Waals surface area contributed by atoms with Crippen molar-refractivity contribution in [3.05, 3.63) is 437 Å². The highest BCUT2D eigenvalue weighted by atomic mass is 28.3. The van der Waals surface area contributed by atoms with Gasteiger partial charge < -0.3 is 19.4 Å². The van der Waals surface area contributed by atoms with E-state index in [1.807, 2.05) is 0 Å². The van der Waals surface area contributed by atoms with Gasteiger partial charge in [-0.1, -0.05) is 364 Å². The summed E-state index contributed by atoms with van der Waals surface area (Å²) in [5, 5.41) is 10.4. The molecule has 17 aromatic carbocycles. The highest BCUT2D eigenvalue weighted by Gasteiger charge is 2.48. The third-order valence-electron chi connectivity index (χ3n) is 22.6. The predicted octanol–water partition coefficient (Wildman–Crippen LogP) is 18.8. The predicted molar refractivity (Wildman–Crippen MR) is 464 cm³/mol. The number of fused-ring (bicyclic) bond motifs is 6. The van der Waals surface area contributed by atoms with Crippen molar-refractivity contribution in [3.63, 3.8) is 0 Å². The van der Waals surface area contributed by atoms with Gasteiger partial charge in [0.05, 0.1) is 17.1 Å². The van der Waals surface area contributed by atoms with E-state index in [2.05, 4.69) is 451 Å². The average molecular weight is 1420 g/mol. The molecule has 0 atom stereocenters. The molecule has 0 amide bonds. The molecule has 0 unspecified atom stereocenters. The zero-order valence-electron chi connectivity index (χ0n) is 59.9. The molecular formula is C102H72BN3OSi2. The Morgan fingerprint density at radius 2 is 0.450 bits per heavy atom. The molecule has 20 rings (SSSR count). The molecule has 7 heteroatoms. The zero-order chi connectivity index (χ0) is 72.2. The van der Waals surface area contributed by atoms with Crippen molar-refractivity contribution < 1.29 is 4.74 Å². The van der Waals surface area contributed by atoms with E-state index in [1.54, 1.807) is 0 Å². The molecule has 0 aromatic heterocycles. The van der Waals surface area contributed by atoms with Gasteiger partial charge in [0.15, 0.2) is 27.6 Å². The Kier molecular flexibility index (Phi) is 16.3. The van der Waals surface area contributed by atoms with Crippen LogP contribution in [0.25, 0.3) is 44.5 Å². The molecule has 0 saturated heterocycles. The monoisotopic (exact) mass is 1420 g/mol. The van der Waals surface area contributed by atoms with Crippen LogP contribution in [-0.2, 0) is 0 Å². The highest BCUT2D eigenvalue weighted by Crippen LogP contribution is 2.54. The lowest BCUT2D eigenvalue weighted by Gasteiger charge is -2.46. The van der Waals surface area contributed by atoms with Gasteiger partial charge in [-0.05, 0) is 175 Å². The van der Waals surface area contributed by atoms with Crippen LogP contribution < -0.4 is 77.3 Å². The molecule has 0 fully saturated rings. The molecule has 0 saturated carbocycles. The van der Waals surface area contributed by atoms with Gasteiger partial charge in [-0.2, -0.15) is 0 Å². The Hall–Kier alpha value is -13.6. The number of anilines is 9. The van der Waals surface area contributed by atoms with Crippen molar-refractivity contribution in [2.75, 3.05) is 14.7 Å². The molecular weight excluding hydrogens is 1350 g/mol. The molecule has 3 aliphatic heterocycles. The fraction of sp³-hybridized carbons (Fsp3) is 0. The SMILES string of the molecule is c1ccc(-c2cc(N3c4ccc(-c5ccccc5)cc4B4c5cc(-c6ccccc6)ccc5N(c5cc(-c6ccccc6)cc([Si](c6ccccc6)(c6ccccc6)c6ccccc6)c5)c5cc(N6c7ccccc7Oc7ccccc76)cc3c54)cc([Si](c3ccccc3)(c3ccccc3)c3ccccc3)c2)cc1. The van der Waals surface area contributed by atoms with Gasteiger partial charge in [-0.3, -0.25) is 0 Å². The van der Waals surface area contributed by atoms with Gasteiger partial charge in [0, 0.05) is 34.1 Å². The summed E-state index contributed by atoms with van der Waals surface area (Å²) in [6.45, 7) is -0.292. The van der Waals surface area contributed by atoms with Gasteiger partial charge in [0.2, 0.25) is 0 Å². The summed E-state index contributed by atoms with van der Waals surface area (Å²) in [4.78, 5) is 7.77. The van der Waals surface area contributed by atoms with Gasteiger partial charge in [0.25, 0.3) is 6.71 Å². The molecule has 0 spiro atoms. The number of hydrogen-bond donors (Lipinski definition) is 0. The minimum Gasteiger partial charge on any atom is -0.453 e. The molecule has 109 heavy (non-hydrogen) atoms. The normalized spacial score (nSPS) is 12.6. The van der Waals surface area contributed by atoms with E-state index < -0.39 is 16.1 Å². The van der Waals surface area contributed by atoms with Crippen molar-refractivity contribution in [2.24, 2.45) is 0 Å².